The number of pyridine rings is 1. The SMILES string of the molecule is Oc1ccc(-c2nc3ccc(-c4ccccc4)cn3c2NC2CCCC2)cc1. The minimum atomic E-state index is 0.268. The number of imidazole rings is 1. The fraction of sp³-hybridized carbons (Fsp3) is 0.208. The number of fused-ring (bicyclic) bond motifs is 1. The fourth-order valence-corrected chi connectivity index (χ4v) is 4.07. The molecule has 140 valence electrons. The third kappa shape index (κ3) is 3.11. The third-order valence-electron chi connectivity index (χ3n) is 5.56. The Kier molecular flexibility index (Phi) is 4.24. The van der Waals surface area contributed by atoms with Crippen LogP contribution in [-0.4, -0.2) is 20.5 Å². The first-order valence-corrected chi connectivity index (χ1v) is 9.91. The molecule has 0 radical (unpaired) electrons. The molecule has 0 amide bonds. The smallest absolute Gasteiger partial charge is 0.139 e. The van der Waals surface area contributed by atoms with Crippen molar-refractivity contribution in [2.45, 2.75) is 31.7 Å². The summed E-state index contributed by atoms with van der Waals surface area (Å²) in [6, 6.07) is 22.4. The summed E-state index contributed by atoms with van der Waals surface area (Å²) in [5.74, 6) is 1.30. The van der Waals surface area contributed by atoms with Gasteiger partial charge in [0.2, 0.25) is 0 Å². The molecule has 4 nitrogen and oxygen atoms in total. The second kappa shape index (κ2) is 7.04. The molecule has 0 unspecified atom stereocenters. The van der Waals surface area contributed by atoms with E-state index in [-0.39, 0.29) is 5.75 Å². The first-order chi connectivity index (χ1) is 13.8. The van der Waals surface area contributed by atoms with Gasteiger partial charge in [-0.1, -0.05) is 43.2 Å². The largest absolute Gasteiger partial charge is 0.508 e. The van der Waals surface area contributed by atoms with Gasteiger partial charge >= 0.3 is 0 Å². The van der Waals surface area contributed by atoms with Crippen molar-refractivity contribution in [3.05, 3.63) is 72.9 Å². The van der Waals surface area contributed by atoms with E-state index in [0.717, 1.165) is 28.3 Å². The summed E-state index contributed by atoms with van der Waals surface area (Å²) in [6.45, 7) is 0. The quantitative estimate of drug-likeness (QED) is 0.483. The zero-order valence-electron chi connectivity index (χ0n) is 15.7. The molecule has 4 aromatic rings. The van der Waals surface area contributed by atoms with Crippen LogP contribution in [0.15, 0.2) is 72.9 Å². The molecule has 0 saturated heterocycles. The van der Waals surface area contributed by atoms with Crippen LogP contribution in [0.5, 0.6) is 5.75 Å². The molecule has 1 saturated carbocycles. The number of phenols is 1. The first kappa shape index (κ1) is 16.9. The average Bonchev–Trinajstić information content (AvgIpc) is 3.37. The van der Waals surface area contributed by atoms with E-state index in [9.17, 15) is 5.11 Å². The van der Waals surface area contributed by atoms with Crippen LogP contribution in [0, 0.1) is 0 Å². The molecule has 1 aliphatic rings. The lowest BCUT2D eigenvalue weighted by Gasteiger charge is -2.15. The van der Waals surface area contributed by atoms with Gasteiger partial charge in [0.25, 0.3) is 0 Å². The van der Waals surface area contributed by atoms with Gasteiger partial charge in [-0.05, 0) is 60.4 Å². The van der Waals surface area contributed by atoms with Crippen molar-refractivity contribution in [1.82, 2.24) is 9.38 Å². The summed E-state index contributed by atoms with van der Waals surface area (Å²) in [7, 11) is 0. The Bertz CT molecular complexity index is 1090. The molecule has 0 bridgehead atoms. The van der Waals surface area contributed by atoms with Gasteiger partial charge < -0.3 is 10.4 Å². The molecule has 2 N–H and O–H groups in total. The van der Waals surface area contributed by atoms with Gasteiger partial charge in [-0.25, -0.2) is 4.98 Å². The molecule has 2 aromatic carbocycles. The van der Waals surface area contributed by atoms with Crippen LogP contribution in [0.3, 0.4) is 0 Å². The lowest BCUT2D eigenvalue weighted by molar-refractivity contribution is 0.475. The van der Waals surface area contributed by atoms with E-state index in [0.29, 0.717) is 6.04 Å². The number of hydrogen-bond acceptors (Lipinski definition) is 3. The van der Waals surface area contributed by atoms with E-state index < -0.39 is 0 Å². The predicted octanol–water partition coefficient (Wildman–Crippen LogP) is 5.73. The lowest BCUT2D eigenvalue weighted by atomic mass is 10.1. The highest BCUT2D eigenvalue weighted by Gasteiger charge is 2.20. The molecular weight excluding hydrogens is 346 g/mol. The lowest BCUT2D eigenvalue weighted by Crippen LogP contribution is -2.16. The summed E-state index contributed by atoms with van der Waals surface area (Å²) in [6.07, 6.45) is 7.11. The highest BCUT2D eigenvalue weighted by Crippen LogP contribution is 2.33. The number of benzene rings is 2. The van der Waals surface area contributed by atoms with Gasteiger partial charge in [-0.15, -0.1) is 0 Å². The van der Waals surface area contributed by atoms with Crippen molar-refractivity contribution in [1.29, 1.82) is 0 Å². The Morgan fingerprint density at radius 1 is 0.821 bits per heavy atom. The van der Waals surface area contributed by atoms with Crippen LogP contribution < -0.4 is 5.32 Å². The van der Waals surface area contributed by atoms with Crippen LogP contribution in [0.1, 0.15) is 25.7 Å². The fourth-order valence-electron chi connectivity index (χ4n) is 4.07. The normalized spacial score (nSPS) is 14.6. The summed E-state index contributed by atoms with van der Waals surface area (Å²) in [5.41, 5.74) is 5.21. The average molecular weight is 369 g/mol. The van der Waals surface area contributed by atoms with Crippen LogP contribution >= 0.6 is 0 Å². The Balaban J connectivity index is 1.66. The summed E-state index contributed by atoms with van der Waals surface area (Å²) >= 11 is 0. The first-order valence-electron chi connectivity index (χ1n) is 9.91. The molecule has 0 spiro atoms. The maximum absolute atomic E-state index is 9.66. The second-order valence-electron chi connectivity index (χ2n) is 7.49. The van der Waals surface area contributed by atoms with E-state index >= 15 is 0 Å². The van der Waals surface area contributed by atoms with Crippen molar-refractivity contribution in [3.8, 4) is 28.1 Å². The highest BCUT2D eigenvalue weighted by molar-refractivity contribution is 5.78. The van der Waals surface area contributed by atoms with Crippen molar-refractivity contribution < 1.29 is 5.11 Å². The third-order valence-corrected chi connectivity index (χ3v) is 5.56. The Hall–Kier alpha value is -3.27. The van der Waals surface area contributed by atoms with Crippen molar-refractivity contribution >= 4 is 11.5 Å². The van der Waals surface area contributed by atoms with E-state index in [1.165, 1.54) is 31.2 Å². The number of rotatable bonds is 4. The van der Waals surface area contributed by atoms with Gasteiger partial charge in [-0.2, -0.15) is 0 Å². The van der Waals surface area contributed by atoms with E-state index in [1.54, 1.807) is 12.1 Å². The Morgan fingerprint density at radius 2 is 1.54 bits per heavy atom. The predicted molar refractivity (Wildman–Crippen MR) is 114 cm³/mol. The van der Waals surface area contributed by atoms with Crippen LogP contribution in [0.25, 0.3) is 28.0 Å². The molecule has 2 heterocycles. The number of aromatic hydroxyl groups is 1. The van der Waals surface area contributed by atoms with Gasteiger partial charge in [0.1, 0.15) is 22.9 Å². The zero-order chi connectivity index (χ0) is 18.9. The minimum Gasteiger partial charge on any atom is -0.508 e. The summed E-state index contributed by atoms with van der Waals surface area (Å²) in [4.78, 5) is 4.91. The van der Waals surface area contributed by atoms with E-state index in [1.807, 2.05) is 18.2 Å². The molecule has 1 aliphatic carbocycles. The van der Waals surface area contributed by atoms with Crippen molar-refractivity contribution in [3.63, 3.8) is 0 Å². The van der Waals surface area contributed by atoms with Crippen molar-refractivity contribution in [2.24, 2.45) is 0 Å². The Morgan fingerprint density at radius 3 is 2.29 bits per heavy atom. The molecule has 5 rings (SSSR count). The maximum Gasteiger partial charge on any atom is 0.139 e. The standard InChI is InChI=1S/C24H23N3O/c28-21-13-10-18(11-14-21)23-24(25-20-8-4-5-9-20)27-16-19(12-15-22(27)26-23)17-6-2-1-3-7-17/h1-3,6-7,10-16,20,25,28H,4-5,8-9H2. The molecule has 4 heteroatoms. The molecular formula is C24H23N3O. The number of aromatic nitrogens is 2. The van der Waals surface area contributed by atoms with Gasteiger partial charge in [0.05, 0.1) is 0 Å². The van der Waals surface area contributed by atoms with Crippen LogP contribution in [0.4, 0.5) is 5.82 Å². The second-order valence-corrected chi connectivity index (χ2v) is 7.49. The molecule has 28 heavy (non-hydrogen) atoms. The molecule has 1 fully saturated rings. The van der Waals surface area contributed by atoms with Crippen molar-refractivity contribution in [2.75, 3.05) is 5.32 Å². The topological polar surface area (TPSA) is 49.6 Å². The minimum absolute atomic E-state index is 0.268. The highest BCUT2D eigenvalue weighted by atomic mass is 16.3. The van der Waals surface area contributed by atoms with Gasteiger partial charge in [-0.3, -0.25) is 4.40 Å². The number of phenolic OH excluding ortho intramolecular Hbond substituents is 1. The number of hydrogen-bond donors (Lipinski definition) is 2. The van der Waals surface area contributed by atoms with E-state index in [4.69, 9.17) is 4.98 Å². The van der Waals surface area contributed by atoms with Gasteiger partial charge in [0, 0.05) is 17.8 Å². The molecule has 2 aromatic heterocycles. The maximum atomic E-state index is 9.66. The van der Waals surface area contributed by atoms with Gasteiger partial charge in [0.15, 0.2) is 0 Å². The summed E-state index contributed by atoms with van der Waals surface area (Å²) in [5, 5.41) is 13.4. The number of nitrogens with zero attached hydrogens (tertiary/aromatic N) is 2. The summed E-state index contributed by atoms with van der Waals surface area (Å²) < 4.78 is 2.17. The number of nitrogens with one attached hydrogen (secondary N) is 1. The number of anilines is 1. The molecule has 0 atom stereocenters. The monoisotopic (exact) mass is 369 g/mol. The Labute approximate surface area is 164 Å². The van der Waals surface area contributed by atoms with E-state index in [2.05, 4.69) is 52.3 Å². The van der Waals surface area contributed by atoms with Crippen LogP contribution in [0.2, 0.25) is 0 Å². The van der Waals surface area contributed by atoms with Crippen LogP contribution in [-0.2, 0) is 0 Å². The zero-order valence-corrected chi connectivity index (χ0v) is 15.7. The molecule has 0 aliphatic heterocycles.